The average Bonchev–Trinajstić information content (AvgIpc) is 2.97. The first kappa shape index (κ1) is 31.4. The third-order valence-corrected chi connectivity index (χ3v) is 8.19. The maximum atomic E-state index is 14.7. The van der Waals surface area contributed by atoms with Crippen LogP contribution in [0, 0.1) is 11.7 Å². The molecular formula is C30H36FN3O6S. The number of nitrogens with zero attached hydrogens (tertiary/aromatic N) is 2. The molecule has 0 aliphatic heterocycles. The summed E-state index contributed by atoms with van der Waals surface area (Å²) in [7, 11) is -1.50. The number of anilines is 1. The van der Waals surface area contributed by atoms with Gasteiger partial charge in [0.25, 0.3) is 10.0 Å². The molecule has 0 aromatic heterocycles. The Balaban J connectivity index is 2.10. The Morgan fingerprint density at radius 1 is 0.927 bits per heavy atom. The molecule has 1 N–H and O–H groups in total. The van der Waals surface area contributed by atoms with Crippen molar-refractivity contribution in [3.05, 3.63) is 84.2 Å². The Labute approximate surface area is 240 Å². The number of nitrogens with one attached hydrogen (secondary N) is 1. The van der Waals surface area contributed by atoms with Crippen LogP contribution in [0.25, 0.3) is 0 Å². The summed E-state index contributed by atoms with van der Waals surface area (Å²) in [6, 6.07) is 17.1. The number of halogens is 1. The minimum Gasteiger partial charge on any atom is -0.497 e. The smallest absolute Gasteiger partial charge is 0.264 e. The van der Waals surface area contributed by atoms with E-state index in [0.29, 0.717) is 12.3 Å². The molecule has 1 unspecified atom stereocenters. The van der Waals surface area contributed by atoms with Crippen LogP contribution in [0.5, 0.6) is 11.5 Å². The van der Waals surface area contributed by atoms with Crippen LogP contribution in [-0.2, 0) is 26.2 Å². The fourth-order valence-electron chi connectivity index (χ4n) is 4.07. The highest BCUT2D eigenvalue weighted by molar-refractivity contribution is 7.92. The molecule has 41 heavy (non-hydrogen) atoms. The molecular weight excluding hydrogens is 549 g/mol. The number of hydrogen-bond acceptors (Lipinski definition) is 6. The van der Waals surface area contributed by atoms with E-state index in [1.807, 2.05) is 13.8 Å². The van der Waals surface area contributed by atoms with Crippen molar-refractivity contribution in [2.45, 2.75) is 38.3 Å². The van der Waals surface area contributed by atoms with Gasteiger partial charge in [-0.3, -0.25) is 13.9 Å². The fourth-order valence-corrected chi connectivity index (χ4v) is 5.51. The topological polar surface area (TPSA) is 105 Å². The van der Waals surface area contributed by atoms with E-state index in [2.05, 4.69) is 5.32 Å². The molecule has 0 spiro atoms. The first-order valence-electron chi connectivity index (χ1n) is 13.1. The second-order valence-corrected chi connectivity index (χ2v) is 11.7. The van der Waals surface area contributed by atoms with E-state index < -0.39 is 40.2 Å². The molecule has 0 aliphatic rings. The van der Waals surface area contributed by atoms with Crippen LogP contribution in [0.15, 0.2) is 77.7 Å². The van der Waals surface area contributed by atoms with E-state index in [-0.39, 0.29) is 34.4 Å². The van der Waals surface area contributed by atoms with Crippen molar-refractivity contribution in [3.8, 4) is 11.5 Å². The normalized spacial score (nSPS) is 12.0. The van der Waals surface area contributed by atoms with Gasteiger partial charge in [-0.25, -0.2) is 12.8 Å². The molecule has 0 aliphatic carbocycles. The van der Waals surface area contributed by atoms with Crippen molar-refractivity contribution in [1.29, 1.82) is 0 Å². The van der Waals surface area contributed by atoms with Gasteiger partial charge in [0.1, 0.15) is 29.9 Å². The van der Waals surface area contributed by atoms with Crippen molar-refractivity contribution in [1.82, 2.24) is 10.2 Å². The summed E-state index contributed by atoms with van der Waals surface area (Å²) in [4.78, 5) is 28.2. The van der Waals surface area contributed by atoms with E-state index in [0.717, 1.165) is 4.31 Å². The van der Waals surface area contributed by atoms with E-state index in [1.54, 1.807) is 30.3 Å². The first-order chi connectivity index (χ1) is 19.5. The van der Waals surface area contributed by atoms with Crippen molar-refractivity contribution >= 4 is 27.5 Å². The number of benzene rings is 3. The van der Waals surface area contributed by atoms with E-state index >= 15 is 0 Å². The molecule has 220 valence electrons. The van der Waals surface area contributed by atoms with Gasteiger partial charge in [0.05, 0.1) is 24.8 Å². The Morgan fingerprint density at radius 2 is 1.59 bits per heavy atom. The van der Waals surface area contributed by atoms with Crippen LogP contribution in [0.2, 0.25) is 0 Å². The number of ether oxygens (including phenoxy) is 2. The molecule has 0 bridgehead atoms. The van der Waals surface area contributed by atoms with Gasteiger partial charge in [-0.1, -0.05) is 50.2 Å². The molecule has 3 aromatic rings. The Morgan fingerprint density at radius 3 is 2.20 bits per heavy atom. The maximum absolute atomic E-state index is 14.7. The van der Waals surface area contributed by atoms with Crippen molar-refractivity contribution in [2.75, 3.05) is 31.6 Å². The van der Waals surface area contributed by atoms with Crippen LogP contribution < -0.4 is 19.1 Å². The van der Waals surface area contributed by atoms with Crippen LogP contribution in [0.3, 0.4) is 0 Å². The summed E-state index contributed by atoms with van der Waals surface area (Å²) in [5.74, 6) is -1.03. The summed E-state index contributed by atoms with van der Waals surface area (Å²) in [5, 5.41) is 2.80. The lowest BCUT2D eigenvalue weighted by atomic mass is 10.1. The highest BCUT2D eigenvalue weighted by Crippen LogP contribution is 2.36. The van der Waals surface area contributed by atoms with Gasteiger partial charge in [-0.05, 0) is 43.2 Å². The Bertz CT molecular complexity index is 1450. The number of methoxy groups -OCH3 is 2. The molecule has 0 radical (unpaired) electrons. The van der Waals surface area contributed by atoms with Crippen LogP contribution >= 0.6 is 0 Å². The summed E-state index contributed by atoms with van der Waals surface area (Å²) < 4.78 is 54.3. The third kappa shape index (κ3) is 7.75. The predicted molar refractivity (Wildman–Crippen MR) is 155 cm³/mol. The number of rotatable bonds is 13. The lowest BCUT2D eigenvalue weighted by Crippen LogP contribution is -2.51. The highest BCUT2D eigenvalue weighted by atomic mass is 32.2. The number of sulfonamides is 1. The molecule has 0 saturated heterocycles. The quantitative estimate of drug-likeness (QED) is 0.322. The molecule has 9 nitrogen and oxygen atoms in total. The third-order valence-electron chi connectivity index (χ3n) is 6.42. The molecule has 11 heteroatoms. The molecule has 3 aromatic carbocycles. The standard InChI is InChI=1S/C30H36FN3O6S/c1-21(2)18-32-30(36)22(3)33(19-23-11-9-10-14-26(23)31)29(35)20-34(41(37,38)25-12-7-6-8-13-25)27-17-24(39-4)15-16-28(27)40-5/h6-17,21-22H,18-20H2,1-5H3,(H,32,36). The van der Waals surface area contributed by atoms with Gasteiger partial charge < -0.3 is 19.7 Å². The van der Waals surface area contributed by atoms with Crippen LogP contribution in [-0.4, -0.2) is 58.5 Å². The summed E-state index contributed by atoms with van der Waals surface area (Å²) in [6.45, 7) is 4.81. The second kappa shape index (κ2) is 14.0. The van der Waals surface area contributed by atoms with E-state index in [4.69, 9.17) is 9.47 Å². The largest absolute Gasteiger partial charge is 0.497 e. The lowest BCUT2D eigenvalue weighted by Gasteiger charge is -2.32. The monoisotopic (exact) mass is 585 g/mol. The van der Waals surface area contributed by atoms with Crippen LogP contribution in [0.4, 0.5) is 10.1 Å². The zero-order valence-corrected chi connectivity index (χ0v) is 24.7. The predicted octanol–water partition coefficient (Wildman–Crippen LogP) is 4.23. The van der Waals surface area contributed by atoms with Crippen molar-refractivity contribution < 1.29 is 31.9 Å². The lowest BCUT2D eigenvalue weighted by molar-refractivity contribution is -0.139. The number of amides is 2. The summed E-state index contributed by atoms with van der Waals surface area (Å²) in [5.41, 5.74) is 0.243. The van der Waals surface area contributed by atoms with E-state index in [1.165, 1.54) is 68.5 Å². The van der Waals surface area contributed by atoms with Gasteiger partial charge in [-0.15, -0.1) is 0 Å². The summed E-state index contributed by atoms with van der Waals surface area (Å²) >= 11 is 0. The van der Waals surface area contributed by atoms with Gasteiger partial charge in [0, 0.05) is 24.7 Å². The summed E-state index contributed by atoms with van der Waals surface area (Å²) in [6.07, 6.45) is 0. The van der Waals surface area contributed by atoms with Gasteiger partial charge >= 0.3 is 0 Å². The minimum atomic E-state index is -4.31. The molecule has 1 atom stereocenters. The van der Waals surface area contributed by atoms with Gasteiger partial charge in [-0.2, -0.15) is 0 Å². The van der Waals surface area contributed by atoms with E-state index in [9.17, 15) is 22.4 Å². The molecule has 3 rings (SSSR count). The van der Waals surface area contributed by atoms with Crippen molar-refractivity contribution in [3.63, 3.8) is 0 Å². The second-order valence-electron chi connectivity index (χ2n) is 9.79. The zero-order chi connectivity index (χ0) is 30.2. The fraction of sp³-hybridized carbons (Fsp3) is 0.333. The number of hydrogen-bond donors (Lipinski definition) is 1. The SMILES string of the molecule is COc1ccc(OC)c(N(CC(=O)N(Cc2ccccc2F)C(C)C(=O)NCC(C)C)S(=O)(=O)c2ccccc2)c1. The molecule has 0 saturated carbocycles. The highest BCUT2D eigenvalue weighted by Gasteiger charge is 2.34. The van der Waals surface area contributed by atoms with Gasteiger partial charge in [0.2, 0.25) is 11.8 Å². The van der Waals surface area contributed by atoms with Gasteiger partial charge in [0.15, 0.2) is 0 Å². The van der Waals surface area contributed by atoms with Crippen molar-refractivity contribution in [2.24, 2.45) is 5.92 Å². The molecule has 0 fully saturated rings. The molecule has 0 heterocycles. The minimum absolute atomic E-state index is 0.0546. The Hall–Kier alpha value is -4.12. The first-order valence-corrected chi connectivity index (χ1v) is 14.5. The van der Waals surface area contributed by atoms with Crippen LogP contribution in [0.1, 0.15) is 26.3 Å². The zero-order valence-electron chi connectivity index (χ0n) is 23.8. The number of carbonyl (C=O) groups excluding carboxylic acids is 2. The maximum Gasteiger partial charge on any atom is 0.264 e. The molecule has 2 amide bonds. The number of carbonyl (C=O) groups is 2. The Kier molecular flexibility index (Phi) is 10.7. The average molecular weight is 586 g/mol.